The van der Waals surface area contributed by atoms with Gasteiger partial charge in [-0.1, -0.05) is 63.2 Å². The molecule has 2 rings (SSSR count). The number of ether oxygens (including phenoxy) is 2. The lowest BCUT2D eigenvalue weighted by Crippen LogP contribution is -2.22. The minimum absolute atomic E-state index is 0.0529. The molecule has 1 atom stereocenters. The van der Waals surface area contributed by atoms with E-state index in [0.29, 0.717) is 18.8 Å². The van der Waals surface area contributed by atoms with Crippen LogP contribution in [-0.2, 0) is 32.4 Å². The molecule has 5 heteroatoms. The SMILES string of the molecule is C=CCc1c(OC(C(=O)OC)c2ccccc2)ccc(C(C)(C)C)c1CO[Si](C)C. The van der Waals surface area contributed by atoms with Crippen LogP contribution in [0.15, 0.2) is 55.1 Å². The Morgan fingerprint density at radius 2 is 1.77 bits per heavy atom. The van der Waals surface area contributed by atoms with Gasteiger partial charge in [-0.2, -0.15) is 0 Å². The molecule has 30 heavy (non-hydrogen) atoms. The lowest BCUT2D eigenvalue weighted by atomic mass is 9.81. The Kier molecular flexibility index (Phi) is 8.44. The van der Waals surface area contributed by atoms with E-state index in [2.05, 4.69) is 46.5 Å². The van der Waals surface area contributed by atoms with Gasteiger partial charge in [0, 0.05) is 11.1 Å². The second kappa shape index (κ2) is 10.6. The molecule has 1 unspecified atom stereocenters. The topological polar surface area (TPSA) is 44.8 Å². The van der Waals surface area contributed by atoms with E-state index in [1.807, 2.05) is 42.5 Å². The molecule has 0 saturated heterocycles. The molecule has 1 radical (unpaired) electrons. The van der Waals surface area contributed by atoms with E-state index in [4.69, 9.17) is 13.9 Å². The highest BCUT2D eigenvalue weighted by molar-refractivity contribution is 6.48. The van der Waals surface area contributed by atoms with Gasteiger partial charge in [-0.15, -0.1) is 6.58 Å². The Bertz CT molecular complexity index is 853. The predicted molar refractivity (Wildman–Crippen MR) is 123 cm³/mol. The molecule has 2 aromatic rings. The zero-order valence-corrected chi connectivity index (χ0v) is 20.0. The molecule has 0 fully saturated rings. The number of hydrogen-bond donors (Lipinski definition) is 0. The van der Waals surface area contributed by atoms with Crippen molar-refractivity contribution in [1.29, 1.82) is 0 Å². The fourth-order valence-corrected chi connectivity index (χ4v) is 3.78. The quantitative estimate of drug-likeness (QED) is 0.290. The molecule has 0 aliphatic rings. The van der Waals surface area contributed by atoms with Crippen LogP contribution in [0.25, 0.3) is 0 Å². The highest BCUT2D eigenvalue weighted by atomic mass is 28.3. The maximum Gasteiger partial charge on any atom is 0.351 e. The van der Waals surface area contributed by atoms with Gasteiger partial charge >= 0.3 is 5.97 Å². The van der Waals surface area contributed by atoms with Crippen LogP contribution in [0.5, 0.6) is 5.75 Å². The molecule has 0 amide bonds. The van der Waals surface area contributed by atoms with Crippen LogP contribution < -0.4 is 4.74 Å². The third-order valence-electron chi connectivity index (χ3n) is 4.81. The molecule has 2 aromatic carbocycles. The third-order valence-corrected chi connectivity index (χ3v) is 5.53. The summed E-state index contributed by atoms with van der Waals surface area (Å²) in [6.07, 6.45) is 1.64. The Hall–Kier alpha value is -2.37. The monoisotopic (exact) mass is 425 g/mol. The summed E-state index contributed by atoms with van der Waals surface area (Å²) >= 11 is 0. The summed E-state index contributed by atoms with van der Waals surface area (Å²) in [5.74, 6) is 0.220. The Balaban J connectivity index is 2.58. The minimum atomic E-state index is -0.861. The molecule has 0 spiro atoms. The van der Waals surface area contributed by atoms with E-state index < -0.39 is 21.1 Å². The first-order valence-electron chi connectivity index (χ1n) is 10.2. The maximum atomic E-state index is 12.5. The van der Waals surface area contributed by atoms with Crippen molar-refractivity contribution < 1.29 is 18.7 Å². The molecule has 0 aliphatic heterocycles. The van der Waals surface area contributed by atoms with E-state index in [1.54, 1.807) is 0 Å². The van der Waals surface area contributed by atoms with Crippen molar-refractivity contribution in [3.63, 3.8) is 0 Å². The fourth-order valence-electron chi connectivity index (χ4n) is 3.35. The lowest BCUT2D eigenvalue weighted by Gasteiger charge is -2.28. The van der Waals surface area contributed by atoms with E-state index >= 15 is 0 Å². The molecular weight excluding hydrogens is 392 g/mol. The van der Waals surface area contributed by atoms with Crippen molar-refractivity contribution in [3.05, 3.63) is 77.4 Å². The molecule has 0 bridgehead atoms. The van der Waals surface area contributed by atoms with Crippen molar-refractivity contribution in [2.45, 2.75) is 58.4 Å². The summed E-state index contributed by atoms with van der Waals surface area (Å²) in [4.78, 5) is 12.5. The fraction of sp³-hybridized carbons (Fsp3) is 0.400. The highest BCUT2D eigenvalue weighted by Crippen LogP contribution is 2.36. The van der Waals surface area contributed by atoms with Crippen LogP contribution in [0, 0.1) is 0 Å². The van der Waals surface area contributed by atoms with Crippen LogP contribution in [-0.4, -0.2) is 22.1 Å². The normalized spacial score (nSPS) is 12.5. The van der Waals surface area contributed by atoms with Gasteiger partial charge in [0.05, 0.1) is 13.7 Å². The van der Waals surface area contributed by atoms with Crippen LogP contribution in [0.3, 0.4) is 0 Å². The molecule has 4 nitrogen and oxygen atoms in total. The molecule has 0 N–H and O–H groups in total. The summed E-state index contributed by atoms with van der Waals surface area (Å²) in [6.45, 7) is 15.3. The van der Waals surface area contributed by atoms with Gasteiger partial charge < -0.3 is 13.9 Å². The number of rotatable bonds is 9. The zero-order chi connectivity index (χ0) is 22.3. The number of carbonyl (C=O) groups is 1. The van der Waals surface area contributed by atoms with Gasteiger partial charge in [0.25, 0.3) is 0 Å². The zero-order valence-electron chi connectivity index (χ0n) is 19.0. The summed E-state index contributed by atoms with van der Waals surface area (Å²) in [5.41, 5.74) is 4.03. The van der Waals surface area contributed by atoms with Crippen molar-refractivity contribution in [1.82, 2.24) is 0 Å². The standard InChI is InChI=1S/C25H33O4Si/c1-8-12-19-20(17-28-30(6)7)21(25(2,3)4)15-16-22(19)29-23(24(26)27-5)18-13-10-9-11-14-18/h8-11,13-16,23H,1,12,17H2,2-7H3. The summed E-state index contributed by atoms with van der Waals surface area (Å²) < 4.78 is 17.4. The molecule has 0 aliphatic carbocycles. The number of carbonyl (C=O) groups excluding carboxylic acids is 1. The second-order valence-electron chi connectivity index (χ2n) is 8.44. The van der Waals surface area contributed by atoms with Crippen molar-refractivity contribution >= 4 is 15.0 Å². The molecule has 0 saturated carbocycles. The van der Waals surface area contributed by atoms with E-state index in [9.17, 15) is 4.79 Å². The highest BCUT2D eigenvalue weighted by Gasteiger charge is 2.27. The summed E-state index contributed by atoms with van der Waals surface area (Å²) in [5, 5.41) is 0. The average Bonchev–Trinajstić information content (AvgIpc) is 2.70. The third kappa shape index (κ3) is 6.06. The maximum absolute atomic E-state index is 12.5. The van der Waals surface area contributed by atoms with Crippen molar-refractivity contribution in [3.8, 4) is 5.75 Å². The smallest absolute Gasteiger partial charge is 0.351 e. The number of allylic oxidation sites excluding steroid dienone is 1. The Morgan fingerprint density at radius 1 is 1.10 bits per heavy atom. The van der Waals surface area contributed by atoms with E-state index in [-0.39, 0.29) is 5.41 Å². The molecule has 0 heterocycles. The first-order valence-corrected chi connectivity index (χ1v) is 12.6. The summed E-state index contributed by atoms with van der Waals surface area (Å²) in [7, 11) is 0.515. The van der Waals surface area contributed by atoms with Crippen LogP contribution in [0.2, 0.25) is 13.1 Å². The average molecular weight is 426 g/mol. The predicted octanol–water partition coefficient (Wildman–Crippen LogP) is 5.77. The van der Waals surface area contributed by atoms with Gasteiger partial charge in [0.1, 0.15) is 5.75 Å². The van der Waals surface area contributed by atoms with Crippen molar-refractivity contribution in [2.75, 3.05) is 7.11 Å². The van der Waals surface area contributed by atoms with Crippen LogP contribution in [0.1, 0.15) is 49.1 Å². The number of benzene rings is 2. The summed E-state index contributed by atoms with van der Waals surface area (Å²) in [6, 6.07) is 13.4. The number of methoxy groups -OCH3 is 1. The van der Waals surface area contributed by atoms with Gasteiger partial charge in [-0.05, 0) is 42.1 Å². The van der Waals surface area contributed by atoms with Crippen LogP contribution in [0.4, 0.5) is 0 Å². The largest absolute Gasteiger partial charge is 0.474 e. The van der Waals surface area contributed by atoms with Crippen molar-refractivity contribution in [2.24, 2.45) is 0 Å². The van der Waals surface area contributed by atoms with Gasteiger partial charge in [0.2, 0.25) is 15.1 Å². The van der Waals surface area contributed by atoms with Crippen LogP contribution >= 0.6 is 0 Å². The first-order chi connectivity index (χ1) is 14.2. The molecule has 161 valence electrons. The van der Waals surface area contributed by atoms with E-state index in [1.165, 1.54) is 12.7 Å². The molecular formula is C25H33O4Si. The second-order valence-corrected chi connectivity index (χ2v) is 10.5. The van der Waals surface area contributed by atoms with Gasteiger partial charge in [-0.3, -0.25) is 0 Å². The van der Waals surface area contributed by atoms with Gasteiger partial charge in [0.15, 0.2) is 0 Å². The minimum Gasteiger partial charge on any atom is -0.474 e. The lowest BCUT2D eigenvalue weighted by molar-refractivity contribution is -0.149. The Morgan fingerprint density at radius 3 is 2.30 bits per heavy atom. The van der Waals surface area contributed by atoms with Gasteiger partial charge in [-0.25, -0.2) is 4.79 Å². The Labute approximate surface area is 182 Å². The van der Waals surface area contributed by atoms with E-state index in [0.717, 1.165) is 16.7 Å². The first kappa shape index (κ1) is 23.9. The number of hydrogen-bond acceptors (Lipinski definition) is 4. The molecule has 0 aromatic heterocycles. The number of esters is 1.